The van der Waals surface area contributed by atoms with Crippen molar-refractivity contribution >= 4 is 22.6 Å². The van der Waals surface area contributed by atoms with Crippen molar-refractivity contribution in [2.24, 2.45) is 0 Å². The Morgan fingerprint density at radius 3 is 2.88 bits per heavy atom. The molecular weight excluding hydrogens is 418 g/mol. The molecule has 0 radical (unpaired) electrons. The van der Waals surface area contributed by atoms with E-state index in [0.29, 0.717) is 43.0 Å². The molecule has 1 saturated heterocycles. The molecule has 2 aliphatic rings. The first-order valence-corrected chi connectivity index (χ1v) is 11.6. The van der Waals surface area contributed by atoms with Crippen LogP contribution in [-0.4, -0.2) is 35.3 Å². The summed E-state index contributed by atoms with van der Waals surface area (Å²) >= 11 is 0. The summed E-state index contributed by atoms with van der Waals surface area (Å²) in [6, 6.07) is 11.1. The summed E-state index contributed by atoms with van der Waals surface area (Å²) in [5.74, 6) is 0.487. The van der Waals surface area contributed by atoms with Crippen molar-refractivity contribution in [3.8, 4) is 0 Å². The standard InChI is InChI=1S/C26H29N3O4/c1-4-33-24(31)18-7-5-6-8-21(18)27-17(3)19-13-16(2)14-20-22(19)28-25-26(10-12-32-15-26)9-11-29(25)23(20)30/h5-8,13-14,17,27H,4,9-12,15H2,1-3H3/t17-,26+/m1/s1. The number of benzene rings is 2. The third kappa shape index (κ3) is 3.60. The average Bonchev–Trinajstić information content (AvgIpc) is 3.42. The summed E-state index contributed by atoms with van der Waals surface area (Å²) in [4.78, 5) is 31.0. The Kier molecular flexibility index (Phi) is 5.44. The van der Waals surface area contributed by atoms with E-state index in [2.05, 4.69) is 11.4 Å². The number of fused-ring (bicyclic) bond motifs is 3. The Balaban J connectivity index is 1.60. The number of hydrogen-bond donors (Lipinski definition) is 1. The Bertz CT molecular complexity index is 1290. The monoisotopic (exact) mass is 447 g/mol. The number of rotatable bonds is 5. The van der Waals surface area contributed by atoms with Gasteiger partial charge in [-0.2, -0.15) is 0 Å². The van der Waals surface area contributed by atoms with Crippen molar-refractivity contribution in [3.05, 3.63) is 69.3 Å². The molecule has 1 fully saturated rings. The number of carbonyl (C=O) groups excluding carboxylic acids is 1. The number of para-hydroxylation sites is 1. The number of ether oxygens (including phenoxy) is 2. The molecule has 0 amide bonds. The second kappa shape index (κ2) is 8.30. The van der Waals surface area contributed by atoms with Crippen molar-refractivity contribution in [3.63, 3.8) is 0 Å². The molecule has 2 atom stereocenters. The molecule has 0 aliphatic carbocycles. The number of carbonyl (C=O) groups is 1. The SMILES string of the molecule is CCOC(=O)c1ccccc1N[C@H](C)c1cc(C)cc2c(=O)n3c(nc12)[C@]1(CCOC1)CC3. The van der Waals surface area contributed by atoms with Gasteiger partial charge in [-0.3, -0.25) is 9.36 Å². The molecule has 1 N–H and O–H groups in total. The highest BCUT2D eigenvalue weighted by Gasteiger charge is 2.44. The van der Waals surface area contributed by atoms with E-state index in [1.165, 1.54) is 0 Å². The molecule has 172 valence electrons. The molecule has 0 unspecified atom stereocenters. The second-order valence-electron chi connectivity index (χ2n) is 9.11. The van der Waals surface area contributed by atoms with Crippen LogP contribution in [0.5, 0.6) is 0 Å². The fraction of sp³-hybridized carbons (Fsp3) is 0.423. The van der Waals surface area contributed by atoms with Gasteiger partial charge in [0.05, 0.1) is 41.1 Å². The second-order valence-corrected chi connectivity index (χ2v) is 9.11. The van der Waals surface area contributed by atoms with Crippen LogP contribution in [0.4, 0.5) is 5.69 Å². The molecule has 7 heteroatoms. The zero-order valence-corrected chi connectivity index (χ0v) is 19.3. The molecule has 1 spiro atoms. The van der Waals surface area contributed by atoms with Gasteiger partial charge in [0.25, 0.3) is 5.56 Å². The first-order valence-electron chi connectivity index (χ1n) is 11.6. The maximum Gasteiger partial charge on any atom is 0.340 e. The van der Waals surface area contributed by atoms with Gasteiger partial charge in [-0.15, -0.1) is 0 Å². The number of nitrogens with zero attached hydrogens (tertiary/aromatic N) is 2. The Morgan fingerprint density at radius 1 is 1.30 bits per heavy atom. The Hall–Kier alpha value is -3.19. The van der Waals surface area contributed by atoms with E-state index in [4.69, 9.17) is 14.5 Å². The highest BCUT2D eigenvalue weighted by atomic mass is 16.5. The smallest absolute Gasteiger partial charge is 0.340 e. The summed E-state index contributed by atoms with van der Waals surface area (Å²) in [6.45, 7) is 8.13. The molecule has 3 aromatic rings. The summed E-state index contributed by atoms with van der Waals surface area (Å²) in [5.41, 5.74) is 3.69. The van der Waals surface area contributed by atoms with E-state index in [0.717, 1.165) is 35.3 Å². The van der Waals surface area contributed by atoms with Crippen molar-refractivity contribution in [1.82, 2.24) is 9.55 Å². The molecule has 0 saturated carbocycles. The molecule has 1 aromatic heterocycles. The normalized spacial score (nSPS) is 20.2. The van der Waals surface area contributed by atoms with E-state index in [1.54, 1.807) is 13.0 Å². The van der Waals surface area contributed by atoms with Crippen molar-refractivity contribution in [2.45, 2.75) is 51.6 Å². The van der Waals surface area contributed by atoms with Crippen molar-refractivity contribution in [2.75, 3.05) is 25.1 Å². The van der Waals surface area contributed by atoms with Crippen LogP contribution in [0.2, 0.25) is 0 Å². The van der Waals surface area contributed by atoms with Crippen LogP contribution in [0.1, 0.15) is 60.0 Å². The van der Waals surface area contributed by atoms with Crippen LogP contribution < -0.4 is 10.9 Å². The number of aryl methyl sites for hydroxylation is 1. The molecule has 7 nitrogen and oxygen atoms in total. The molecular formula is C26H29N3O4. The average molecular weight is 448 g/mol. The zero-order valence-electron chi connectivity index (χ0n) is 19.3. The number of hydrogen-bond acceptors (Lipinski definition) is 6. The third-order valence-electron chi connectivity index (χ3n) is 6.89. The molecule has 5 rings (SSSR count). The number of aromatic nitrogens is 2. The summed E-state index contributed by atoms with van der Waals surface area (Å²) in [7, 11) is 0. The molecule has 2 aliphatic heterocycles. The van der Waals surface area contributed by atoms with E-state index in [-0.39, 0.29) is 23.0 Å². The largest absolute Gasteiger partial charge is 0.462 e. The molecule has 3 heterocycles. The van der Waals surface area contributed by atoms with E-state index >= 15 is 0 Å². The molecule has 33 heavy (non-hydrogen) atoms. The van der Waals surface area contributed by atoms with Gasteiger partial charge >= 0.3 is 5.97 Å². The lowest BCUT2D eigenvalue weighted by molar-refractivity contribution is 0.0527. The minimum atomic E-state index is -0.362. The van der Waals surface area contributed by atoms with Crippen molar-refractivity contribution in [1.29, 1.82) is 0 Å². The van der Waals surface area contributed by atoms with Gasteiger partial charge in [0.1, 0.15) is 5.82 Å². The van der Waals surface area contributed by atoms with Gasteiger partial charge in [0.15, 0.2) is 0 Å². The summed E-state index contributed by atoms with van der Waals surface area (Å²) in [6.07, 6.45) is 1.79. The fourth-order valence-electron chi connectivity index (χ4n) is 5.17. The van der Waals surface area contributed by atoms with Crippen LogP contribution in [0, 0.1) is 6.92 Å². The first kappa shape index (κ1) is 21.6. The minimum Gasteiger partial charge on any atom is -0.462 e. The van der Waals surface area contributed by atoms with Crippen LogP contribution >= 0.6 is 0 Å². The zero-order chi connectivity index (χ0) is 23.2. The topological polar surface area (TPSA) is 82.5 Å². The quantitative estimate of drug-likeness (QED) is 0.593. The highest BCUT2D eigenvalue weighted by molar-refractivity contribution is 5.95. The van der Waals surface area contributed by atoms with E-state index in [1.807, 2.05) is 42.7 Å². The predicted octanol–water partition coefficient (Wildman–Crippen LogP) is 4.12. The van der Waals surface area contributed by atoms with Crippen LogP contribution in [0.25, 0.3) is 10.9 Å². The van der Waals surface area contributed by atoms with Gasteiger partial charge < -0.3 is 14.8 Å². The number of nitrogens with one attached hydrogen (secondary N) is 1. The maximum atomic E-state index is 13.5. The lowest BCUT2D eigenvalue weighted by Crippen LogP contribution is -2.29. The van der Waals surface area contributed by atoms with Gasteiger partial charge in [-0.1, -0.05) is 18.2 Å². The minimum absolute atomic E-state index is 0.0165. The van der Waals surface area contributed by atoms with Gasteiger partial charge in [0, 0.05) is 24.4 Å². The first-order chi connectivity index (χ1) is 15.9. The predicted molar refractivity (Wildman–Crippen MR) is 127 cm³/mol. The van der Waals surface area contributed by atoms with Crippen LogP contribution in [-0.2, 0) is 21.4 Å². The van der Waals surface area contributed by atoms with Gasteiger partial charge in [0.2, 0.25) is 0 Å². The maximum absolute atomic E-state index is 13.5. The van der Waals surface area contributed by atoms with Gasteiger partial charge in [-0.05, 0) is 57.4 Å². The molecule has 0 bridgehead atoms. The van der Waals surface area contributed by atoms with Crippen molar-refractivity contribution < 1.29 is 14.3 Å². The Labute approximate surface area is 192 Å². The highest BCUT2D eigenvalue weighted by Crippen LogP contribution is 2.40. The number of esters is 1. The van der Waals surface area contributed by atoms with E-state index < -0.39 is 0 Å². The van der Waals surface area contributed by atoms with E-state index in [9.17, 15) is 9.59 Å². The van der Waals surface area contributed by atoms with Crippen LogP contribution in [0.15, 0.2) is 41.2 Å². The fourth-order valence-corrected chi connectivity index (χ4v) is 5.17. The lowest BCUT2D eigenvalue weighted by atomic mass is 9.85. The van der Waals surface area contributed by atoms with Gasteiger partial charge in [-0.25, -0.2) is 9.78 Å². The van der Waals surface area contributed by atoms with Crippen LogP contribution in [0.3, 0.4) is 0 Å². The lowest BCUT2D eigenvalue weighted by Gasteiger charge is -2.23. The molecule has 2 aromatic carbocycles. The Morgan fingerprint density at radius 2 is 2.12 bits per heavy atom. The summed E-state index contributed by atoms with van der Waals surface area (Å²) in [5, 5.41) is 4.10. The third-order valence-corrected chi connectivity index (χ3v) is 6.89. The number of anilines is 1. The summed E-state index contributed by atoms with van der Waals surface area (Å²) < 4.78 is 12.8.